The molecule has 3 aliphatic rings. The molecule has 3 heterocycles. The van der Waals surface area contributed by atoms with E-state index in [-0.39, 0.29) is 48.4 Å². The Kier molecular flexibility index (Phi) is 8.46. The topological polar surface area (TPSA) is 138 Å². The number of ether oxygens (including phenoxy) is 1. The number of nitrogens with zero attached hydrogens (tertiary/aromatic N) is 5. The van der Waals surface area contributed by atoms with Gasteiger partial charge in [0.05, 0.1) is 36.3 Å². The number of amides is 3. The quantitative estimate of drug-likeness (QED) is 0.372. The van der Waals surface area contributed by atoms with Crippen molar-refractivity contribution in [2.75, 3.05) is 33.3 Å². The van der Waals surface area contributed by atoms with E-state index >= 15 is 0 Å². The van der Waals surface area contributed by atoms with Crippen LogP contribution in [0.2, 0.25) is 0 Å². The Bertz CT molecular complexity index is 1750. The minimum atomic E-state index is -0.927. The van der Waals surface area contributed by atoms with Gasteiger partial charge in [0, 0.05) is 39.6 Å². The van der Waals surface area contributed by atoms with E-state index in [2.05, 4.69) is 4.90 Å². The number of carboxylic acid groups (broad SMARTS) is 1. The number of likely N-dealkylation sites (tertiary alicyclic amines) is 1. The van der Waals surface area contributed by atoms with Crippen LogP contribution < -0.4 is 10.4 Å². The summed E-state index contributed by atoms with van der Waals surface area (Å²) in [6.07, 6.45) is 0.508. The maximum absolute atomic E-state index is 13.8. The fourth-order valence-corrected chi connectivity index (χ4v) is 7.82. The van der Waals surface area contributed by atoms with E-state index in [1.54, 1.807) is 30.9 Å². The highest BCUT2D eigenvalue weighted by atomic mass is 16.5. The zero-order valence-electron chi connectivity index (χ0n) is 27.8. The molecule has 2 unspecified atom stereocenters. The highest BCUT2D eigenvalue weighted by Gasteiger charge is 2.47. The van der Waals surface area contributed by atoms with Crippen LogP contribution in [0.15, 0.2) is 47.3 Å². The SMILES string of the molecule is COc1ccc(CN2C(=O)CCC(n3c(=O)n(C)c4c(C5CC(O)(CN6CCN(C(=O)O)C(C(C)(C)C)C6)C5)cccc43)C2=O)cc1. The number of imidazole rings is 1. The third-order valence-corrected chi connectivity index (χ3v) is 10.3. The van der Waals surface area contributed by atoms with Crippen molar-refractivity contribution in [3.8, 4) is 5.75 Å². The number of aryl methyl sites for hydroxylation is 1. The molecule has 2 aromatic carbocycles. The lowest BCUT2D eigenvalue weighted by atomic mass is 9.67. The maximum Gasteiger partial charge on any atom is 0.407 e. The molecule has 12 heteroatoms. The molecule has 0 bridgehead atoms. The molecule has 1 aromatic heterocycles. The Labute approximate surface area is 274 Å². The molecule has 3 fully saturated rings. The highest BCUT2D eigenvalue weighted by molar-refractivity contribution is 6.00. The third kappa shape index (κ3) is 6.04. The first-order valence-corrected chi connectivity index (χ1v) is 16.3. The normalized spacial score (nSPS) is 25.7. The van der Waals surface area contributed by atoms with E-state index in [4.69, 9.17) is 4.74 Å². The van der Waals surface area contributed by atoms with E-state index in [1.807, 2.05) is 51.1 Å². The molecular formula is C35H45N5O7. The van der Waals surface area contributed by atoms with Gasteiger partial charge < -0.3 is 19.8 Å². The largest absolute Gasteiger partial charge is 0.497 e. The van der Waals surface area contributed by atoms with Gasteiger partial charge in [-0.05, 0) is 59.9 Å². The molecule has 2 N–H and O–H groups in total. The summed E-state index contributed by atoms with van der Waals surface area (Å²) in [5, 5.41) is 21.3. The van der Waals surface area contributed by atoms with E-state index < -0.39 is 23.6 Å². The summed E-state index contributed by atoms with van der Waals surface area (Å²) < 4.78 is 8.34. The number of piperidine rings is 1. The summed E-state index contributed by atoms with van der Waals surface area (Å²) in [4.78, 5) is 57.3. The van der Waals surface area contributed by atoms with Crippen LogP contribution in [0.1, 0.15) is 69.5 Å². The summed E-state index contributed by atoms with van der Waals surface area (Å²) in [6, 6.07) is 11.9. The van der Waals surface area contributed by atoms with Crippen molar-refractivity contribution in [1.82, 2.24) is 23.8 Å². The predicted octanol–water partition coefficient (Wildman–Crippen LogP) is 3.56. The van der Waals surface area contributed by atoms with Gasteiger partial charge >= 0.3 is 11.8 Å². The third-order valence-electron chi connectivity index (χ3n) is 10.3. The number of β-amino-alcohol motifs (C(OH)–C–C–N with tert-alkyl or cyclic N) is 1. The fourth-order valence-electron chi connectivity index (χ4n) is 7.82. The first kappa shape index (κ1) is 32.8. The number of carbonyl (C=O) groups is 3. The number of imide groups is 1. The van der Waals surface area contributed by atoms with Crippen LogP contribution in [-0.2, 0) is 23.2 Å². The Balaban J connectivity index is 1.21. The number of methoxy groups -OCH3 is 1. The van der Waals surface area contributed by atoms with Crippen LogP contribution in [0.25, 0.3) is 11.0 Å². The second-order valence-electron chi connectivity index (χ2n) is 14.6. The van der Waals surface area contributed by atoms with Crippen molar-refractivity contribution in [2.24, 2.45) is 12.5 Å². The first-order chi connectivity index (χ1) is 22.2. The molecule has 6 rings (SSSR count). The molecule has 2 atom stereocenters. The van der Waals surface area contributed by atoms with Crippen molar-refractivity contribution >= 4 is 28.9 Å². The average Bonchev–Trinajstić information content (AvgIpc) is 3.27. The van der Waals surface area contributed by atoms with Gasteiger partial charge in [0.1, 0.15) is 11.8 Å². The molecule has 12 nitrogen and oxygen atoms in total. The Hall–Kier alpha value is -4.16. The average molecular weight is 648 g/mol. The van der Waals surface area contributed by atoms with E-state index in [0.717, 1.165) is 16.6 Å². The van der Waals surface area contributed by atoms with Gasteiger partial charge in [-0.15, -0.1) is 0 Å². The zero-order chi connectivity index (χ0) is 33.8. The summed E-state index contributed by atoms with van der Waals surface area (Å²) in [7, 11) is 3.28. The number of carbonyl (C=O) groups excluding carboxylic acids is 2. The maximum atomic E-state index is 13.8. The van der Waals surface area contributed by atoms with Gasteiger partial charge in [0.25, 0.3) is 5.91 Å². The highest BCUT2D eigenvalue weighted by Crippen LogP contribution is 2.47. The van der Waals surface area contributed by atoms with Crippen molar-refractivity contribution in [3.63, 3.8) is 0 Å². The lowest BCUT2D eigenvalue weighted by Crippen LogP contribution is -2.62. The first-order valence-electron chi connectivity index (χ1n) is 16.3. The van der Waals surface area contributed by atoms with Crippen molar-refractivity contribution in [2.45, 2.75) is 76.6 Å². The van der Waals surface area contributed by atoms with Gasteiger partial charge in [-0.2, -0.15) is 0 Å². The van der Waals surface area contributed by atoms with E-state index in [9.17, 15) is 29.4 Å². The lowest BCUT2D eigenvalue weighted by Gasteiger charge is -2.51. The molecule has 3 amide bonds. The van der Waals surface area contributed by atoms with E-state index in [1.165, 1.54) is 14.4 Å². The fraction of sp³-hybridized carbons (Fsp3) is 0.543. The summed E-state index contributed by atoms with van der Waals surface area (Å²) >= 11 is 0. The second kappa shape index (κ2) is 12.1. The number of rotatable bonds is 7. The smallest absolute Gasteiger partial charge is 0.407 e. The number of hydrogen-bond donors (Lipinski definition) is 2. The molecule has 2 saturated heterocycles. The number of aliphatic hydroxyl groups is 1. The number of para-hydroxylation sites is 1. The van der Waals surface area contributed by atoms with Gasteiger partial charge in [0.2, 0.25) is 5.91 Å². The molecular weight excluding hydrogens is 602 g/mol. The second-order valence-corrected chi connectivity index (χ2v) is 14.6. The monoisotopic (exact) mass is 647 g/mol. The van der Waals surface area contributed by atoms with Crippen molar-refractivity contribution in [1.29, 1.82) is 0 Å². The van der Waals surface area contributed by atoms with Crippen molar-refractivity contribution in [3.05, 3.63) is 64.1 Å². The van der Waals surface area contributed by atoms with Crippen molar-refractivity contribution < 1.29 is 29.3 Å². The molecule has 1 aliphatic carbocycles. The predicted molar refractivity (Wildman–Crippen MR) is 175 cm³/mol. The number of piperazine rings is 1. The van der Waals surface area contributed by atoms with Crippen LogP contribution in [0.4, 0.5) is 4.79 Å². The Morgan fingerprint density at radius 2 is 1.74 bits per heavy atom. The molecule has 0 radical (unpaired) electrons. The van der Waals surface area contributed by atoms with Gasteiger partial charge in [-0.25, -0.2) is 9.59 Å². The van der Waals surface area contributed by atoms with Gasteiger partial charge in [0.15, 0.2) is 0 Å². The number of fused-ring (bicyclic) bond motifs is 1. The van der Waals surface area contributed by atoms with E-state index in [0.29, 0.717) is 50.3 Å². The summed E-state index contributed by atoms with van der Waals surface area (Å²) in [6.45, 7) is 8.21. The number of benzene rings is 2. The lowest BCUT2D eigenvalue weighted by molar-refractivity contribution is -0.151. The summed E-state index contributed by atoms with van der Waals surface area (Å²) in [5.41, 5.74) is 1.63. The number of hydrogen-bond acceptors (Lipinski definition) is 7. The Morgan fingerprint density at radius 3 is 2.38 bits per heavy atom. The molecule has 47 heavy (non-hydrogen) atoms. The molecule has 3 aromatic rings. The molecule has 1 saturated carbocycles. The van der Waals surface area contributed by atoms with Crippen LogP contribution in [0, 0.1) is 5.41 Å². The molecule has 252 valence electrons. The van der Waals surface area contributed by atoms with Crippen LogP contribution in [0.5, 0.6) is 5.75 Å². The molecule has 0 spiro atoms. The minimum Gasteiger partial charge on any atom is -0.497 e. The van der Waals surface area contributed by atoms with Crippen LogP contribution in [0.3, 0.4) is 0 Å². The zero-order valence-corrected chi connectivity index (χ0v) is 27.8. The Morgan fingerprint density at radius 1 is 1.04 bits per heavy atom. The van der Waals surface area contributed by atoms with Crippen LogP contribution in [-0.4, -0.2) is 96.9 Å². The minimum absolute atomic E-state index is 0.0130. The summed E-state index contributed by atoms with van der Waals surface area (Å²) in [5.74, 6) is 0.0346. The van der Waals surface area contributed by atoms with Gasteiger partial charge in [-0.1, -0.05) is 45.0 Å². The standard InChI is InChI=1S/C35H45N5O7/c1-34(2,3)28-20-37(15-16-38(28)33(44)45)21-35(46)17-23(18-35)25-7-6-8-26-30(25)36(4)32(43)40(26)27-13-14-29(41)39(31(27)42)19-22-9-11-24(47-5)12-10-22/h6-12,23,27-28,46H,13-21H2,1-5H3,(H,44,45). The molecule has 2 aliphatic heterocycles. The van der Waals surface area contributed by atoms with Gasteiger partial charge in [-0.3, -0.25) is 28.5 Å². The van der Waals surface area contributed by atoms with Crippen LogP contribution >= 0.6 is 0 Å². The number of aromatic nitrogens is 2.